The zero-order valence-corrected chi connectivity index (χ0v) is 8.43. The predicted molar refractivity (Wildman–Crippen MR) is 56.4 cm³/mol. The first kappa shape index (κ1) is 7.87. The lowest BCUT2D eigenvalue weighted by molar-refractivity contribution is 1.00. The second-order valence-corrected chi connectivity index (χ2v) is 3.68. The fraction of sp³-hybridized carbons (Fsp3) is 0.222. The Morgan fingerprint density at radius 1 is 1.29 bits per heavy atom. The van der Waals surface area contributed by atoms with Gasteiger partial charge in [-0.2, -0.15) is 4.37 Å². The second-order valence-electron chi connectivity index (χ2n) is 3.11. The number of hydrogen-bond donors (Lipinski definition) is 1. The van der Waals surface area contributed by atoms with Crippen molar-refractivity contribution in [1.29, 1.82) is 0 Å². The van der Waals surface area contributed by atoms with Gasteiger partial charge in [-0.15, -0.1) is 0 Å². The van der Waals surface area contributed by atoms with Crippen molar-refractivity contribution in [3.63, 3.8) is 0 Å². The predicted octanol–water partition coefficient (Wildman–Crippen LogP) is 2.13. The zero-order chi connectivity index (χ0) is 9.54. The number of rotatable bonds is 1. The Morgan fingerprint density at radius 2 is 2.21 bits per heavy atom. The number of nitrogens with one attached hydrogen (secondary N) is 1. The third-order valence-corrected chi connectivity index (χ3v) is 2.81. The van der Waals surface area contributed by atoms with Gasteiger partial charge < -0.3 is 0 Å². The molecular weight excluding hydrogens is 196 g/mol. The van der Waals surface area contributed by atoms with Crippen molar-refractivity contribution in [2.45, 2.75) is 13.3 Å². The highest BCUT2D eigenvalue weighted by Gasteiger charge is 2.08. The first-order chi connectivity index (χ1) is 6.88. The van der Waals surface area contributed by atoms with Crippen molar-refractivity contribution < 1.29 is 0 Å². The smallest absolute Gasteiger partial charge is 0.130 e. The summed E-state index contributed by atoms with van der Waals surface area (Å²) in [6.07, 6.45) is 0.865. The highest BCUT2D eigenvalue weighted by Crippen LogP contribution is 2.21. The third kappa shape index (κ3) is 0.957. The maximum Gasteiger partial charge on any atom is 0.130 e. The summed E-state index contributed by atoms with van der Waals surface area (Å²) in [5, 5.41) is 0. The molecule has 1 aromatic carbocycles. The molecular formula is C9H8N4S. The monoisotopic (exact) mass is 204 g/mol. The van der Waals surface area contributed by atoms with Crippen molar-refractivity contribution in [3.05, 3.63) is 18.0 Å². The third-order valence-electron chi connectivity index (χ3n) is 2.23. The lowest BCUT2D eigenvalue weighted by Crippen LogP contribution is -1.79. The van der Waals surface area contributed by atoms with E-state index >= 15 is 0 Å². The number of imidazole rings is 1. The Kier molecular flexibility index (Phi) is 1.55. The number of nitrogens with zero attached hydrogens (tertiary/aromatic N) is 3. The Balaban J connectivity index is 2.49. The van der Waals surface area contributed by atoms with Crippen LogP contribution in [0.5, 0.6) is 0 Å². The number of hydrogen-bond acceptors (Lipinski definition) is 4. The van der Waals surface area contributed by atoms with Crippen molar-refractivity contribution in [2.75, 3.05) is 0 Å². The number of H-pyrrole nitrogens is 1. The van der Waals surface area contributed by atoms with Crippen molar-refractivity contribution in [3.8, 4) is 0 Å². The molecule has 3 rings (SSSR count). The molecule has 0 amide bonds. The average molecular weight is 204 g/mol. The van der Waals surface area contributed by atoms with E-state index in [0.717, 1.165) is 34.3 Å². The normalized spacial score (nSPS) is 11.5. The fourth-order valence-electron chi connectivity index (χ4n) is 1.51. The van der Waals surface area contributed by atoms with Gasteiger partial charge in [-0.1, -0.05) is 6.92 Å². The van der Waals surface area contributed by atoms with Gasteiger partial charge in [-0.3, -0.25) is 4.37 Å². The highest BCUT2D eigenvalue weighted by atomic mass is 32.1. The van der Waals surface area contributed by atoms with Gasteiger partial charge >= 0.3 is 0 Å². The quantitative estimate of drug-likeness (QED) is 0.660. The van der Waals surface area contributed by atoms with Gasteiger partial charge in [0.1, 0.15) is 16.9 Å². The maximum absolute atomic E-state index is 4.44. The number of aromatic nitrogens is 4. The molecule has 0 spiro atoms. The van der Waals surface area contributed by atoms with E-state index in [1.165, 1.54) is 11.7 Å². The molecule has 0 bridgehead atoms. The van der Waals surface area contributed by atoms with E-state index in [1.54, 1.807) is 0 Å². The van der Waals surface area contributed by atoms with Crippen LogP contribution in [-0.2, 0) is 6.42 Å². The molecule has 0 saturated heterocycles. The summed E-state index contributed by atoms with van der Waals surface area (Å²) in [6, 6.07) is 3.98. The van der Waals surface area contributed by atoms with E-state index in [1.807, 2.05) is 12.1 Å². The van der Waals surface area contributed by atoms with Crippen LogP contribution in [0.25, 0.3) is 22.1 Å². The Hall–Kier alpha value is -1.49. The molecule has 4 nitrogen and oxygen atoms in total. The molecule has 3 aromatic rings. The molecule has 14 heavy (non-hydrogen) atoms. The molecule has 0 aliphatic heterocycles. The summed E-state index contributed by atoms with van der Waals surface area (Å²) in [5.74, 6) is 0.889. The standard InChI is InChI=1S/C9H8N4S/c1-2-7-10-5-3-4-6-9(8(5)11-7)13-14-12-6/h3-4,12H,2H2,1H3. The van der Waals surface area contributed by atoms with Crippen molar-refractivity contribution >= 4 is 33.8 Å². The largest absolute Gasteiger partial charge is 0.293 e. The van der Waals surface area contributed by atoms with Crippen LogP contribution in [0, 0.1) is 0 Å². The number of benzene rings is 1. The lowest BCUT2D eigenvalue weighted by Gasteiger charge is -1.86. The van der Waals surface area contributed by atoms with E-state index in [-0.39, 0.29) is 0 Å². The number of aryl methyl sites for hydroxylation is 1. The molecule has 0 aliphatic rings. The molecule has 0 saturated carbocycles. The molecule has 0 radical (unpaired) electrons. The minimum Gasteiger partial charge on any atom is -0.293 e. The fourth-order valence-corrected chi connectivity index (χ4v) is 2.10. The summed E-state index contributed by atoms with van der Waals surface area (Å²) in [6.45, 7) is 2.05. The van der Waals surface area contributed by atoms with Crippen LogP contribution in [-0.4, -0.2) is 18.7 Å². The van der Waals surface area contributed by atoms with Crippen LogP contribution in [0.15, 0.2) is 12.1 Å². The van der Waals surface area contributed by atoms with Gasteiger partial charge in [0.15, 0.2) is 0 Å². The highest BCUT2D eigenvalue weighted by molar-refractivity contribution is 7.00. The summed E-state index contributed by atoms with van der Waals surface area (Å²) < 4.78 is 7.38. The van der Waals surface area contributed by atoms with Gasteiger partial charge in [0, 0.05) is 18.1 Å². The minimum absolute atomic E-state index is 0.865. The van der Waals surface area contributed by atoms with E-state index in [4.69, 9.17) is 0 Å². The molecule has 0 fully saturated rings. The molecule has 2 aromatic heterocycles. The number of fused-ring (bicyclic) bond motifs is 3. The van der Waals surface area contributed by atoms with E-state index < -0.39 is 0 Å². The first-order valence-electron chi connectivity index (χ1n) is 4.48. The molecule has 1 N–H and O–H groups in total. The van der Waals surface area contributed by atoms with Crippen LogP contribution in [0.3, 0.4) is 0 Å². The molecule has 70 valence electrons. The summed E-state index contributed by atoms with van der Waals surface area (Å²) >= 11 is 1.34. The average Bonchev–Trinajstić information content (AvgIpc) is 2.82. The van der Waals surface area contributed by atoms with Crippen molar-refractivity contribution in [1.82, 2.24) is 18.7 Å². The molecule has 5 heteroatoms. The van der Waals surface area contributed by atoms with Crippen LogP contribution in [0.4, 0.5) is 0 Å². The first-order valence-corrected chi connectivity index (χ1v) is 5.25. The van der Waals surface area contributed by atoms with Crippen molar-refractivity contribution in [2.24, 2.45) is 0 Å². The lowest BCUT2D eigenvalue weighted by atomic mass is 10.3. The Morgan fingerprint density at radius 3 is 3.07 bits per heavy atom. The van der Waals surface area contributed by atoms with Gasteiger partial charge in [0.05, 0.1) is 11.0 Å². The maximum atomic E-state index is 4.44. The van der Waals surface area contributed by atoms with Crippen LogP contribution >= 0.6 is 11.7 Å². The van der Waals surface area contributed by atoms with Crippen LogP contribution in [0.2, 0.25) is 0 Å². The summed E-state index contributed by atoms with van der Waals surface area (Å²) in [5.41, 5.74) is 3.82. The van der Waals surface area contributed by atoms with Crippen LogP contribution < -0.4 is 0 Å². The van der Waals surface area contributed by atoms with E-state index in [9.17, 15) is 0 Å². The van der Waals surface area contributed by atoms with E-state index in [2.05, 4.69) is 25.6 Å². The summed E-state index contributed by atoms with van der Waals surface area (Å²) in [4.78, 5) is 8.85. The number of aromatic amines is 1. The molecule has 0 atom stereocenters. The second kappa shape index (κ2) is 2.75. The van der Waals surface area contributed by atoms with Crippen LogP contribution in [0.1, 0.15) is 12.7 Å². The zero-order valence-electron chi connectivity index (χ0n) is 7.61. The van der Waals surface area contributed by atoms with Gasteiger partial charge in [-0.05, 0) is 12.1 Å². The van der Waals surface area contributed by atoms with Gasteiger partial charge in [0.25, 0.3) is 0 Å². The topological polar surface area (TPSA) is 54.5 Å². The Labute approximate surface area is 84.3 Å². The van der Waals surface area contributed by atoms with Gasteiger partial charge in [-0.25, -0.2) is 9.97 Å². The SMILES string of the molecule is CCc1nc2ccc3[nH]snc3c2n1. The van der Waals surface area contributed by atoms with E-state index in [0.29, 0.717) is 0 Å². The summed E-state index contributed by atoms with van der Waals surface area (Å²) in [7, 11) is 0. The van der Waals surface area contributed by atoms with Gasteiger partial charge in [0.2, 0.25) is 0 Å². The molecule has 2 heterocycles. The minimum atomic E-state index is 0.865. The molecule has 0 unspecified atom stereocenters. The Bertz CT molecular complexity index is 595. The molecule has 0 aliphatic carbocycles.